The van der Waals surface area contributed by atoms with Crippen molar-refractivity contribution < 1.29 is 27.6 Å². The number of carbonyl (C=O) groups is 1. The van der Waals surface area contributed by atoms with Gasteiger partial charge in [-0.05, 0) is 62.9 Å². The standard InChI is InChI=1S/C25H27N5O7S/c1-16-23(24(31)28-13-3-4-14-28)26-29(18-7-10-20(36-2)11-8-18)25(16)37-21-12-9-19(30(32)33)15-22(21)38(34,35)27-17-5-6-17/h7-12,15,17,27H,3-6,13-14H2,1-2H3. The summed E-state index contributed by atoms with van der Waals surface area (Å²) in [6.07, 6.45) is 3.20. The van der Waals surface area contributed by atoms with Crippen molar-refractivity contribution in [2.24, 2.45) is 0 Å². The fourth-order valence-corrected chi connectivity index (χ4v) is 5.72. The van der Waals surface area contributed by atoms with E-state index >= 15 is 0 Å². The molecule has 1 saturated carbocycles. The number of non-ortho nitro benzene ring substituents is 1. The number of nitrogens with zero attached hydrogens (tertiary/aromatic N) is 4. The number of carbonyl (C=O) groups excluding carboxylic acids is 1. The molecular formula is C25H27N5O7S. The van der Waals surface area contributed by atoms with Gasteiger partial charge in [-0.25, -0.2) is 13.1 Å². The van der Waals surface area contributed by atoms with Gasteiger partial charge >= 0.3 is 0 Å². The smallest absolute Gasteiger partial charge is 0.274 e. The van der Waals surface area contributed by atoms with Crippen LogP contribution in [0.1, 0.15) is 41.7 Å². The van der Waals surface area contributed by atoms with Crippen LogP contribution in [0.25, 0.3) is 5.69 Å². The molecule has 1 amide bonds. The summed E-state index contributed by atoms with van der Waals surface area (Å²) in [6.45, 7) is 2.93. The number of nitrogens with one attached hydrogen (secondary N) is 1. The number of amides is 1. The van der Waals surface area contributed by atoms with Gasteiger partial charge in [-0.15, -0.1) is 0 Å². The van der Waals surface area contributed by atoms with Gasteiger partial charge in [-0.1, -0.05) is 0 Å². The second-order valence-corrected chi connectivity index (χ2v) is 11.0. The van der Waals surface area contributed by atoms with Gasteiger partial charge in [0.1, 0.15) is 16.4 Å². The Morgan fingerprint density at radius 2 is 1.82 bits per heavy atom. The molecule has 1 aromatic heterocycles. The van der Waals surface area contributed by atoms with Gasteiger partial charge in [-0.2, -0.15) is 9.78 Å². The van der Waals surface area contributed by atoms with Crippen LogP contribution < -0.4 is 14.2 Å². The molecule has 2 aliphatic rings. The van der Waals surface area contributed by atoms with Crippen LogP contribution in [-0.4, -0.2) is 60.2 Å². The predicted octanol–water partition coefficient (Wildman–Crippen LogP) is 3.57. The van der Waals surface area contributed by atoms with Gasteiger partial charge in [0.25, 0.3) is 11.6 Å². The number of rotatable bonds is 9. The zero-order valence-electron chi connectivity index (χ0n) is 20.9. The van der Waals surface area contributed by atoms with Crippen LogP contribution in [0.2, 0.25) is 0 Å². The topological polar surface area (TPSA) is 146 Å². The van der Waals surface area contributed by atoms with Crippen LogP contribution in [0.4, 0.5) is 5.69 Å². The Labute approximate surface area is 219 Å². The highest BCUT2D eigenvalue weighted by atomic mass is 32.2. The Balaban J connectivity index is 1.62. The second kappa shape index (κ2) is 10.1. The van der Waals surface area contributed by atoms with E-state index in [0.717, 1.165) is 18.9 Å². The maximum atomic E-state index is 13.3. The van der Waals surface area contributed by atoms with E-state index < -0.39 is 14.9 Å². The summed E-state index contributed by atoms with van der Waals surface area (Å²) >= 11 is 0. The lowest BCUT2D eigenvalue weighted by molar-refractivity contribution is -0.385. The number of hydrogen-bond acceptors (Lipinski definition) is 8. The molecule has 13 heteroatoms. The molecule has 1 aliphatic heterocycles. The number of hydrogen-bond donors (Lipinski definition) is 1. The molecule has 0 atom stereocenters. The SMILES string of the molecule is COc1ccc(-n2nc(C(=O)N3CCCC3)c(C)c2Oc2ccc([N+](=O)[O-])cc2S(=O)(=O)NC2CC2)cc1. The maximum Gasteiger partial charge on any atom is 0.274 e. The van der Waals surface area contributed by atoms with E-state index in [9.17, 15) is 23.3 Å². The minimum absolute atomic E-state index is 0.120. The van der Waals surface area contributed by atoms with Crippen LogP contribution >= 0.6 is 0 Å². The highest BCUT2D eigenvalue weighted by molar-refractivity contribution is 7.89. The summed E-state index contributed by atoms with van der Waals surface area (Å²) in [5.74, 6) is 0.364. The number of aromatic nitrogens is 2. The molecule has 12 nitrogen and oxygen atoms in total. The summed E-state index contributed by atoms with van der Waals surface area (Å²) in [4.78, 5) is 25.4. The fraction of sp³-hybridized carbons (Fsp3) is 0.360. The first-order valence-corrected chi connectivity index (χ1v) is 13.7. The molecule has 1 saturated heterocycles. The highest BCUT2D eigenvalue weighted by Crippen LogP contribution is 2.37. The molecule has 2 heterocycles. The van der Waals surface area contributed by atoms with E-state index in [4.69, 9.17) is 9.47 Å². The van der Waals surface area contributed by atoms with E-state index in [1.807, 2.05) is 0 Å². The number of benzene rings is 2. The summed E-state index contributed by atoms with van der Waals surface area (Å²) in [7, 11) is -2.58. The van der Waals surface area contributed by atoms with Gasteiger partial charge in [-0.3, -0.25) is 14.9 Å². The molecule has 2 aromatic carbocycles. The lowest BCUT2D eigenvalue weighted by Gasteiger charge is -2.14. The van der Waals surface area contributed by atoms with E-state index in [1.165, 1.54) is 16.8 Å². The first-order chi connectivity index (χ1) is 18.2. The zero-order valence-corrected chi connectivity index (χ0v) is 21.7. The third kappa shape index (κ3) is 5.07. The summed E-state index contributed by atoms with van der Waals surface area (Å²) in [5, 5.41) is 16.0. The number of likely N-dealkylation sites (tertiary alicyclic amines) is 1. The van der Waals surface area contributed by atoms with Crippen LogP contribution in [0, 0.1) is 17.0 Å². The Kier molecular flexibility index (Phi) is 6.80. The average molecular weight is 542 g/mol. The Morgan fingerprint density at radius 1 is 1.13 bits per heavy atom. The number of ether oxygens (including phenoxy) is 2. The van der Waals surface area contributed by atoms with Crippen LogP contribution in [0.15, 0.2) is 47.4 Å². The van der Waals surface area contributed by atoms with Crippen molar-refractivity contribution in [2.45, 2.75) is 43.5 Å². The lowest BCUT2D eigenvalue weighted by atomic mass is 10.2. The van der Waals surface area contributed by atoms with E-state index in [0.29, 0.717) is 42.9 Å². The second-order valence-electron chi connectivity index (χ2n) is 9.27. The first kappa shape index (κ1) is 25.7. The molecule has 1 aliphatic carbocycles. The number of nitro groups is 1. The van der Waals surface area contributed by atoms with Gasteiger partial charge in [0.05, 0.1) is 17.7 Å². The average Bonchev–Trinajstić information content (AvgIpc) is 3.41. The highest BCUT2D eigenvalue weighted by Gasteiger charge is 2.33. The monoisotopic (exact) mass is 541 g/mol. The Hall–Kier alpha value is -3.97. The van der Waals surface area contributed by atoms with Crippen molar-refractivity contribution in [3.63, 3.8) is 0 Å². The fourth-order valence-electron chi connectivity index (χ4n) is 4.26. The minimum Gasteiger partial charge on any atom is -0.497 e. The summed E-state index contributed by atoms with van der Waals surface area (Å²) < 4.78 is 41.7. The number of methoxy groups -OCH3 is 1. The number of nitro benzene ring substituents is 1. The van der Waals surface area contributed by atoms with E-state index in [1.54, 1.807) is 43.2 Å². The third-order valence-electron chi connectivity index (χ3n) is 6.51. The van der Waals surface area contributed by atoms with E-state index in [-0.39, 0.29) is 39.9 Å². The van der Waals surface area contributed by atoms with Crippen LogP contribution in [-0.2, 0) is 10.0 Å². The molecule has 0 radical (unpaired) electrons. The van der Waals surface area contributed by atoms with Crippen molar-refractivity contribution in [3.8, 4) is 23.1 Å². The summed E-state index contributed by atoms with van der Waals surface area (Å²) in [5.41, 5.74) is 0.750. The first-order valence-electron chi connectivity index (χ1n) is 12.2. The van der Waals surface area contributed by atoms with Crippen molar-refractivity contribution in [3.05, 3.63) is 63.8 Å². The summed E-state index contributed by atoms with van der Waals surface area (Å²) in [6, 6.07) is 10.1. The third-order valence-corrected chi connectivity index (χ3v) is 8.06. The normalized spacial score (nSPS) is 15.5. The molecule has 38 heavy (non-hydrogen) atoms. The van der Waals surface area contributed by atoms with Gasteiger partial charge in [0, 0.05) is 36.8 Å². The van der Waals surface area contributed by atoms with Crippen molar-refractivity contribution in [1.82, 2.24) is 19.4 Å². The Morgan fingerprint density at radius 3 is 2.42 bits per heavy atom. The zero-order chi connectivity index (χ0) is 27.0. The molecule has 0 unspecified atom stereocenters. The van der Waals surface area contributed by atoms with Crippen molar-refractivity contribution >= 4 is 21.6 Å². The quantitative estimate of drug-likeness (QED) is 0.320. The van der Waals surface area contributed by atoms with Crippen molar-refractivity contribution in [1.29, 1.82) is 0 Å². The van der Waals surface area contributed by atoms with Crippen molar-refractivity contribution in [2.75, 3.05) is 20.2 Å². The molecule has 5 rings (SSSR count). The molecule has 3 aromatic rings. The largest absolute Gasteiger partial charge is 0.497 e. The number of sulfonamides is 1. The molecule has 1 N–H and O–H groups in total. The minimum atomic E-state index is -4.13. The van der Waals surface area contributed by atoms with Gasteiger partial charge in [0.15, 0.2) is 5.69 Å². The van der Waals surface area contributed by atoms with E-state index in [2.05, 4.69) is 9.82 Å². The molecule has 200 valence electrons. The lowest BCUT2D eigenvalue weighted by Crippen LogP contribution is -2.28. The van der Waals surface area contributed by atoms with Gasteiger partial charge < -0.3 is 14.4 Å². The molecular weight excluding hydrogens is 514 g/mol. The maximum absolute atomic E-state index is 13.3. The van der Waals surface area contributed by atoms with Crippen LogP contribution in [0.3, 0.4) is 0 Å². The molecule has 0 bridgehead atoms. The van der Waals surface area contributed by atoms with Gasteiger partial charge in [0.2, 0.25) is 15.9 Å². The molecule has 0 spiro atoms. The molecule has 2 fully saturated rings. The Bertz CT molecular complexity index is 1490. The predicted molar refractivity (Wildman–Crippen MR) is 137 cm³/mol. The van der Waals surface area contributed by atoms with Crippen LogP contribution in [0.5, 0.6) is 17.4 Å².